The second-order valence-corrected chi connectivity index (χ2v) is 7.99. The molecule has 1 saturated carbocycles. The molecule has 24 heavy (non-hydrogen) atoms. The van der Waals surface area contributed by atoms with Gasteiger partial charge in [0.15, 0.2) is 5.13 Å². The molecule has 1 saturated heterocycles. The number of rotatable bonds is 5. The van der Waals surface area contributed by atoms with Crippen molar-refractivity contribution in [1.82, 2.24) is 9.88 Å². The predicted octanol–water partition coefficient (Wildman–Crippen LogP) is 4.04. The monoisotopic (exact) mass is 357 g/mol. The number of hydrogen-bond acceptors (Lipinski definition) is 5. The summed E-state index contributed by atoms with van der Waals surface area (Å²) in [5.74, 6) is 1.54. The number of thiazole rings is 1. The topological polar surface area (TPSA) is 45.2 Å². The largest absolute Gasteiger partial charge is 0.357 e. The highest BCUT2D eigenvalue weighted by Crippen LogP contribution is 2.37. The van der Waals surface area contributed by atoms with E-state index in [-0.39, 0.29) is 5.92 Å². The van der Waals surface area contributed by atoms with Crippen molar-refractivity contribution >= 4 is 40.2 Å². The summed E-state index contributed by atoms with van der Waals surface area (Å²) in [5, 5.41) is 7.36. The third kappa shape index (κ3) is 3.65. The van der Waals surface area contributed by atoms with Gasteiger partial charge >= 0.3 is 0 Å². The summed E-state index contributed by atoms with van der Waals surface area (Å²) >= 11 is 3.35. The van der Waals surface area contributed by atoms with Crippen molar-refractivity contribution in [2.75, 3.05) is 17.6 Å². The smallest absolute Gasteiger partial charge is 0.230 e. The van der Waals surface area contributed by atoms with Crippen LogP contribution >= 0.6 is 23.1 Å². The highest BCUT2D eigenvalue weighted by Gasteiger charge is 2.36. The van der Waals surface area contributed by atoms with Crippen LogP contribution in [0.3, 0.4) is 0 Å². The summed E-state index contributed by atoms with van der Waals surface area (Å²) < 4.78 is 0. The van der Waals surface area contributed by atoms with E-state index in [1.54, 1.807) is 23.1 Å². The Kier molecular flexibility index (Phi) is 4.58. The second kappa shape index (κ2) is 6.99. The van der Waals surface area contributed by atoms with E-state index in [1.165, 1.54) is 5.56 Å². The normalized spacial score (nSPS) is 19.0. The summed E-state index contributed by atoms with van der Waals surface area (Å²) in [4.78, 5) is 18.9. The number of aromatic nitrogens is 1. The Morgan fingerprint density at radius 3 is 2.96 bits per heavy atom. The first-order valence-electron chi connectivity index (χ1n) is 8.19. The van der Waals surface area contributed by atoms with Gasteiger partial charge in [0.05, 0.1) is 10.7 Å². The molecule has 0 unspecified atom stereocenters. The van der Waals surface area contributed by atoms with Gasteiger partial charge in [0.25, 0.3) is 0 Å². The molecule has 1 amide bonds. The molecule has 0 spiro atoms. The standard InChI is InChI=1S/C18H19N3OS2/c22-17(14-6-7-14)21-8-9-23-16(21)10-15-12-24-18(20-15)19-11-13-4-2-1-3-5-13/h1-5,10,12,14H,6-9,11H2,(H,19,20)/b16-10+. The van der Waals surface area contributed by atoms with Gasteiger partial charge in [-0.05, 0) is 24.5 Å². The van der Waals surface area contributed by atoms with Gasteiger partial charge in [-0.3, -0.25) is 4.79 Å². The third-order valence-electron chi connectivity index (χ3n) is 4.10. The van der Waals surface area contributed by atoms with E-state index in [2.05, 4.69) is 22.4 Å². The Morgan fingerprint density at radius 2 is 2.17 bits per heavy atom. The molecule has 0 atom stereocenters. The number of benzene rings is 1. The van der Waals surface area contributed by atoms with Crippen molar-refractivity contribution < 1.29 is 4.79 Å². The van der Waals surface area contributed by atoms with Crippen LogP contribution in [0, 0.1) is 5.92 Å². The summed E-state index contributed by atoms with van der Waals surface area (Å²) in [6, 6.07) is 10.3. The number of nitrogens with zero attached hydrogens (tertiary/aromatic N) is 2. The molecule has 2 heterocycles. The SMILES string of the molecule is O=C(C1CC1)N1CCS/C1=C/c1csc(NCc2ccccc2)n1. The van der Waals surface area contributed by atoms with Crippen LogP contribution < -0.4 is 5.32 Å². The lowest BCUT2D eigenvalue weighted by Crippen LogP contribution is -2.27. The highest BCUT2D eigenvalue weighted by molar-refractivity contribution is 8.03. The van der Waals surface area contributed by atoms with Crippen LogP contribution in [0.2, 0.25) is 0 Å². The van der Waals surface area contributed by atoms with Crippen LogP contribution in [-0.4, -0.2) is 28.1 Å². The van der Waals surface area contributed by atoms with E-state index in [9.17, 15) is 4.79 Å². The molecule has 4 rings (SSSR count). The van der Waals surface area contributed by atoms with Crippen LogP contribution in [0.15, 0.2) is 40.7 Å². The molecular formula is C18H19N3OS2. The maximum atomic E-state index is 12.3. The van der Waals surface area contributed by atoms with Crippen LogP contribution in [-0.2, 0) is 11.3 Å². The lowest BCUT2D eigenvalue weighted by molar-refractivity contribution is -0.129. The number of nitrogens with one attached hydrogen (secondary N) is 1. The van der Waals surface area contributed by atoms with Crippen molar-refractivity contribution in [2.24, 2.45) is 5.92 Å². The molecule has 2 aliphatic rings. The molecule has 1 aliphatic heterocycles. The minimum absolute atomic E-state index is 0.269. The Hall–Kier alpha value is -1.79. The van der Waals surface area contributed by atoms with Crippen molar-refractivity contribution in [3.05, 3.63) is 52.0 Å². The summed E-state index contributed by atoms with van der Waals surface area (Å²) in [6.07, 6.45) is 4.15. The molecule has 1 N–H and O–H groups in total. The van der Waals surface area contributed by atoms with E-state index in [0.717, 1.165) is 47.5 Å². The molecule has 2 aromatic rings. The van der Waals surface area contributed by atoms with Gasteiger partial charge in [-0.25, -0.2) is 4.98 Å². The van der Waals surface area contributed by atoms with Gasteiger partial charge in [0.2, 0.25) is 5.91 Å². The van der Waals surface area contributed by atoms with Gasteiger partial charge in [0, 0.05) is 30.1 Å². The molecule has 0 radical (unpaired) electrons. The molecule has 4 nitrogen and oxygen atoms in total. The van der Waals surface area contributed by atoms with Crippen molar-refractivity contribution in [3.63, 3.8) is 0 Å². The molecule has 1 aliphatic carbocycles. The fourth-order valence-corrected chi connectivity index (χ4v) is 4.34. The molecular weight excluding hydrogens is 338 g/mol. The van der Waals surface area contributed by atoms with Gasteiger partial charge in [0.1, 0.15) is 0 Å². The number of anilines is 1. The number of hydrogen-bond donors (Lipinski definition) is 1. The van der Waals surface area contributed by atoms with Crippen LogP contribution in [0.4, 0.5) is 5.13 Å². The fraction of sp³-hybridized carbons (Fsp3) is 0.333. The minimum atomic E-state index is 0.269. The third-order valence-corrected chi connectivity index (χ3v) is 5.94. The van der Waals surface area contributed by atoms with Crippen molar-refractivity contribution in [3.8, 4) is 0 Å². The first-order valence-corrected chi connectivity index (χ1v) is 10.1. The number of carbonyl (C=O) groups excluding carboxylic acids is 1. The summed E-state index contributed by atoms with van der Waals surface area (Å²) in [7, 11) is 0. The first kappa shape index (κ1) is 15.7. The number of carbonyl (C=O) groups is 1. The Bertz CT molecular complexity index is 753. The zero-order valence-electron chi connectivity index (χ0n) is 13.3. The van der Waals surface area contributed by atoms with E-state index >= 15 is 0 Å². The van der Waals surface area contributed by atoms with E-state index < -0.39 is 0 Å². The minimum Gasteiger partial charge on any atom is -0.357 e. The average molecular weight is 358 g/mol. The van der Waals surface area contributed by atoms with Gasteiger partial charge < -0.3 is 10.2 Å². The van der Waals surface area contributed by atoms with E-state index in [4.69, 9.17) is 0 Å². The van der Waals surface area contributed by atoms with E-state index in [0.29, 0.717) is 5.91 Å². The fourth-order valence-electron chi connectivity index (χ4n) is 2.65. The summed E-state index contributed by atoms with van der Waals surface area (Å²) in [6.45, 7) is 1.60. The van der Waals surface area contributed by atoms with Gasteiger partial charge in [-0.1, -0.05) is 30.3 Å². The van der Waals surface area contributed by atoms with Crippen molar-refractivity contribution in [1.29, 1.82) is 0 Å². The van der Waals surface area contributed by atoms with Gasteiger partial charge in [-0.2, -0.15) is 0 Å². The molecule has 1 aromatic heterocycles. The second-order valence-electron chi connectivity index (χ2n) is 6.01. The number of amides is 1. The average Bonchev–Trinajstić information content (AvgIpc) is 3.21. The van der Waals surface area contributed by atoms with Crippen molar-refractivity contribution in [2.45, 2.75) is 19.4 Å². The number of thioether (sulfide) groups is 1. The Morgan fingerprint density at radius 1 is 1.33 bits per heavy atom. The first-order chi connectivity index (χ1) is 11.8. The predicted molar refractivity (Wildman–Crippen MR) is 101 cm³/mol. The molecule has 6 heteroatoms. The van der Waals surface area contributed by atoms with Gasteiger partial charge in [-0.15, -0.1) is 23.1 Å². The van der Waals surface area contributed by atoms with E-state index in [1.807, 2.05) is 34.6 Å². The van der Waals surface area contributed by atoms with Crippen LogP contribution in [0.25, 0.3) is 6.08 Å². The lowest BCUT2D eigenvalue weighted by atomic mass is 10.2. The quantitative estimate of drug-likeness (QED) is 0.877. The van der Waals surface area contributed by atoms with Crippen LogP contribution in [0.5, 0.6) is 0 Å². The highest BCUT2D eigenvalue weighted by atomic mass is 32.2. The molecule has 1 aromatic carbocycles. The zero-order valence-corrected chi connectivity index (χ0v) is 14.9. The Labute approximate surface area is 150 Å². The summed E-state index contributed by atoms with van der Waals surface area (Å²) in [5.41, 5.74) is 2.16. The Balaban J connectivity index is 1.41. The maximum Gasteiger partial charge on any atom is 0.230 e. The lowest BCUT2D eigenvalue weighted by Gasteiger charge is -2.16. The maximum absolute atomic E-state index is 12.3. The van der Waals surface area contributed by atoms with Crippen LogP contribution in [0.1, 0.15) is 24.1 Å². The molecule has 0 bridgehead atoms. The molecule has 124 valence electrons. The molecule has 2 fully saturated rings. The zero-order chi connectivity index (χ0) is 16.4.